The molecule has 10 heteroatoms. The van der Waals surface area contributed by atoms with Crippen molar-refractivity contribution in [2.45, 2.75) is 31.0 Å². The molecule has 0 aliphatic carbocycles. The monoisotopic (exact) mass is 390 g/mol. The normalized spacial score (nSPS) is 12.2. The number of aromatic nitrogens is 2. The topological polar surface area (TPSA) is 78.3 Å². The molecule has 142 valence electrons. The van der Waals surface area contributed by atoms with Crippen molar-refractivity contribution < 1.29 is 26.3 Å². The second-order valence-electron chi connectivity index (χ2n) is 5.61. The lowest BCUT2D eigenvalue weighted by Crippen LogP contribution is -2.31. The fraction of sp³-hybridized carbons (Fsp3) is 0.375. The van der Waals surface area contributed by atoms with E-state index in [9.17, 15) is 26.4 Å². The minimum atomic E-state index is -4.60. The molecule has 0 aliphatic heterocycles. The highest BCUT2D eigenvalue weighted by atomic mass is 32.2. The Labute approximate surface area is 148 Å². The van der Waals surface area contributed by atoms with Gasteiger partial charge in [0.1, 0.15) is 6.54 Å². The number of rotatable bonds is 6. The molecule has 0 saturated carbocycles. The van der Waals surface area contributed by atoms with E-state index in [1.54, 1.807) is 6.92 Å². The molecule has 1 aromatic heterocycles. The van der Waals surface area contributed by atoms with Crippen molar-refractivity contribution in [3.63, 3.8) is 0 Å². The first kappa shape index (κ1) is 20.0. The molecular formula is C16H17F3N2O4S. The van der Waals surface area contributed by atoms with Gasteiger partial charge in [0.2, 0.25) is 0 Å². The van der Waals surface area contributed by atoms with E-state index >= 15 is 0 Å². The second kappa shape index (κ2) is 7.48. The van der Waals surface area contributed by atoms with Crippen LogP contribution in [0, 0.1) is 0 Å². The van der Waals surface area contributed by atoms with Crippen LogP contribution >= 0.6 is 0 Å². The summed E-state index contributed by atoms with van der Waals surface area (Å²) in [6.07, 6.45) is -1.89. The number of alkyl halides is 3. The highest BCUT2D eigenvalue weighted by molar-refractivity contribution is 7.90. The van der Waals surface area contributed by atoms with Gasteiger partial charge in [-0.25, -0.2) is 13.1 Å². The van der Waals surface area contributed by atoms with Gasteiger partial charge in [-0.15, -0.1) is 0 Å². The molecule has 2 aromatic rings. The van der Waals surface area contributed by atoms with Gasteiger partial charge in [0.25, 0.3) is 0 Å². The average Bonchev–Trinajstić information content (AvgIpc) is 2.53. The van der Waals surface area contributed by atoms with E-state index in [4.69, 9.17) is 4.74 Å². The fourth-order valence-electron chi connectivity index (χ4n) is 2.18. The average molecular weight is 390 g/mol. The minimum Gasteiger partial charge on any atom is -0.487 e. The molecule has 2 rings (SSSR count). The van der Waals surface area contributed by atoms with Gasteiger partial charge in [0.15, 0.2) is 15.6 Å². The molecule has 1 aromatic carbocycles. The third-order valence-corrected chi connectivity index (χ3v) is 4.50. The Balaban J connectivity index is 2.54. The van der Waals surface area contributed by atoms with E-state index < -0.39 is 28.1 Å². The summed E-state index contributed by atoms with van der Waals surface area (Å²) in [4.78, 5) is 12.4. The van der Waals surface area contributed by atoms with Crippen LogP contribution in [0.25, 0.3) is 11.1 Å². The molecule has 6 nitrogen and oxygen atoms in total. The Kier molecular flexibility index (Phi) is 5.74. The van der Waals surface area contributed by atoms with Crippen LogP contribution in [0.3, 0.4) is 0 Å². The predicted molar refractivity (Wildman–Crippen MR) is 88.9 cm³/mol. The highest BCUT2D eigenvalue weighted by Gasteiger charge is 2.30. The lowest BCUT2D eigenvalue weighted by molar-refractivity contribution is -0.143. The summed E-state index contributed by atoms with van der Waals surface area (Å²) in [5.74, 6) is -0.252. The number of ether oxygens (including phenoxy) is 1. The predicted octanol–water partition coefficient (Wildman–Crippen LogP) is 2.66. The summed E-state index contributed by atoms with van der Waals surface area (Å²) in [7, 11) is -3.40. The van der Waals surface area contributed by atoms with Gasteiger partial charge in [0, 0.05) is 11.8 Å². The van der Waals surface area contributed by atoms with E-state index in [2.05, 4.69) is 5.10 Å². The summed E-state index contributed by atoms with van der Waals surface area (Å²) in [5.41, 5.74) is -0.394. The van der Waals surface area contributed by atoms with E-state index in [0.717, 1.165) is 12.5 Å². The van der Waals surface area contributed by atoms with Crippen molar-refractivity contribution in [3.05, 3.63) is 40.8 Å². The van der Waals surface area contributed by atoms with Gasteiger partial charge in [-0.1, -0.05) is 19.1 Å². The second-order valence-corrected chi connectivity index (χ2v) is 7.63. The van der Waals surface area contributed by atoms with Crippen molar-refractivity contribution in [3.8, 4) is 16.9 Å². The number of halogens is 3. The zero-order valence-corrected chi connectivity index (χ0v) is 14.9. The molecule has 0 saturated heterocycles. The van der Waals surface area contributed by atoms with Crippen LogP contribution in [0.4, 0.5) is 13.2 Å². The zero-order chi connectivity index (χ0) is 19.5. The maximum absolute atomic E-state index is 12.6. The third-order valence-electron chi connectivity index (χ3n) is 3.37. The summed E-state index contributed by atoms with van der Waals surface area (Å²) < 4.78 is 66.5. The molecule has 0 atom stereocenters. The van der Waals surface area contributed by atoms with Gasteiger partial charge in [-0.2, -0.15) is 18.3 Å². The summed E-state index contributed by atoms with van der Waals surface area (Å²) in [6, 6.07) is 5.57. The van der Waals surface area contributed by atoms with Gasteiger partial charge in [-0.3, -0.25) is 4.79 Å². The van der Waals surface area contributed by atoms with Gasteiger partial charge < -0.3 is 4.74 Å². The number of benzene rings is 1. The van der Waals surface area contributed by atoms with Crippen LogP contribution in [0.2, 0.25) is 0 Å². The molecular weight excluding hydrogens is 373 g/mol. The van der Waals surface area contributed by atoms with Crippen LogP contribution in [0.5, 0.6) is 5.75 Å². The van der Waals surface area contributed by atoms with E-state index in [1.807, 2.05) is 0 Å². The molecule has 0 aliphatic rings. The lowest BCUT2D eigenvalue weighted by Gasteiger charge is -2.14. The zero-order valence-electron chi connectivity index (χ0n) is 14.1. The standard InChI is InChI=1S/C16H17F3N2O4S/c1-3-8-25-14-13(9-20-21(15(14)22)10-16(17,18)19)11-4-6-12(7-5-11)26(2,23)24/h4-7,9H,3,8,10H2,1-2H3. The largest absolute Gasteiger partial charge is 0.487 e. The van der Waals surface area contributed by atoms with Crippen molar-refractivity contribution >= 4 is 9.84 Å². The van der Waals surface area contributed by atoms with E-state index in [1.165, 1.54) is 24.3 Å². The SMILES string of the molecule is CCCOc1c(-c2ccc(S(C)(=O)=O)cc2)cnn(CC(F)(F)F)c1=O. The first-order valence-electron chi connectivity index (χ1n) is 7.63. The maximum Gasteiger partial charge on any atom is 0.408 e. The maximum atomic E-state index is 12.6. The first-order chi connectivity index (χ1) is 12.0. The highest BCUT2D eigenvalue weighted by Crippen LogP contribution is 2.28. The quantitative estimate of drug-likeness (QED) is 0.758. The third kappa shape index (κ3) is 4.84. The van der Waals surface area contributed by atoms with Crippen molar-refractivity contribution in [2.24, 2.45) is 0 Å². The molecule has 0 spiro atoms. The van der Waals surface area contributed by atoms with E-state index in [-0.39, 0.29) is 22.8 Å². The Morgan fingerprint density at radius 1 is 1.19 bits per heavy atom. The molecule has 0 unspecified atom stereocenters. The Morgan fingerprint density at radius 2 is 1.81 bits per heavy atom. The van der Waals surface area contributed by atoms with Crippen LogP contribution in [-0.4, -0.2) is 37.2 Å². The smallest absolute Gasteiger partial charge is 0.408 e. The first-order valence-corrected chi connectivity index (χ1v) is 9.52. The van der Waals surface area contributed by atoms with Crippen molar-refractivity contribution in [1.82, 2.24) is 9.78 Å². The number of sulfone groups is 1. The van der Waals surface area contributed by atoms with Crippen LogP contribution in [0.15, 0.2) is 40.2 Å². The Morgan fingerprint density at radius 3 is 2.31 bits per heavy atom. The van der Waals surface area contributed by atoms with Crippen molar-refractivity contribution in [1.29, 1.82) is 0 Å². The molecule has 26 heavy (non-hydrogen) atoms. The molecule has 0 amide bonds. The van der Waals surface area contributed by atoms with Gasteiger partial charge in [-0.05, 0) is 24.1 Å². The van der Waals surface area contributed by atoms with Crippen LogP contribution in [-0.2, 0) is 16.4 Å². The van der Waals surface area contributed by atoms with Crippen molar-refractivity contribution in [2.75, 3.05) is 12.9 Å². The lowest BCUT2D eigenvalue weighted by atomic mass is 10.1. The minimum absolute atomic E-state index is 0.0793. The van der Waals surface area contributed by atoms with E-state index in [0.29, 0.717) is 16.7 Å². The fourth-order valence-corrected chi connectivity index (χ4v) is 2.81. The number of nitrogens with zero attached hydrogens (tertiary/aromatic N) is 2. The molecule has 1 heterocycles. The number of hydrogen-bond donors (Lipinski definition) is 0. The van der Waals surface area contributed by atoms with Gasteiger partial charge >= 0.3 is 11.7 Å². The summed E-state index contributed by atoms with van der Waals surface area (Å²) >= 11 is 0. The molecule has 0 radical (unpaired) electrons. The summed E-state index contributed by atoms with van der Waals surface area (Å²) in [6.45, 7) is 0.400. The van der Waals surface area contributed by atoms with Crippen LogP contribution < -0.4 is 10.3 Å². The number of hydrogen-bond acceptors (Lipinski definition) is 5. The molecule has 0 bridgehead atoms. The molecule has 0 fully saturated rings. The van der Waals surface area contributed by atoms with Gasteiger partial charge in [0.05, 0.1) is 17.7 Å². The Hall–Kier alpha value is -2.36. The Bertz CT molecular complexity index is 935. The van der Waals surface area contributed by atoms with Crippen LogP contribution in [0.1, 0.15) is 13.3 Å². The molecule has 0 N–H and O–H groups in total. The summed E-state index contributed by atoms with van der Waals surface area (Å²) in [5, 5.41) is 3.57.